The molecule has 1 aromatic rings. The lowest BCUT2D eigenvalue weighted by Gasteiger charge is -2.25. The van der Waals surface area contributed by atoms with Gasteiger partial charge >= 0.3 is 29.2 Å². The third-order valence-electron chi connectivity index (χ3n) is 3.69. The SMILES string of the molecule is Nc1nc(=O)n([C@@H]2O[C@H](COP(=O)(O)OP(=O)(O)OP(=O)(O)O)[C@H](O)C2(Cl)C#CCl)cc1F. The van der Waals surface area contributed by atoms with Crippen molar-refractivity contribution in [1.29, 1.82) is 0 Å². The normalized spacial score (nSPS) is 29.0. The lowest BCUT2D eigenvalue weighted by Crippen LogP contribution is -2.43. The van der Waals surface area contributed by atoms with Gasteiger partial charge in [0.25, 0.3) is 0 Å². The van der Waals surface area contributed by atoms with Crippen molar-refractivity contribution in [2.24, 2.45) is 0 Å². The van der Waals surface area contributed by atoms with Gasteiger partial charge in [-0.1, -0.05) is 17.5 Å². The fourth-order valence-electron chi connectivity index (χ4n) is 2.46. The summed E-state index contributed by atoms with van der Waals surface area (Å²) in [4.78, 5) is 48.7. The van der Waals surface area contributed by atoms with Gasteiger partial charge in [-0.2, -0.15) is 13.6 Å². The topological polar surface area (TPSA) is 250 Å². The van der Waals surface area contributed by atoms with Crippen molar-refractivity contribution in [2.75, 3.05) is 12.3 Å². The number of hydrogen-bond donors (Lipinski definition) is 6. The number of rotatable bonds is 8. The number of nitrogens with two attached hydrogens (primary N) is 1. The number of phosphoric ester groups is 1. The second-order valence-electron chi connectivity index (χ2n) is 6.01. The van der Waals surface area contributed by atoms with Gasteiger partial charge in [0.15, 0.2) is 22.7 Å². The van der Waals surface area contributed by atoms with Gasteiger partial charge in [-0.15, -0.1) is 0 Å². The van der Waals surface area contributed by atoms with Crippen LogP contribution in [0.5, 0.6) is 0 Å². The third kappa shape index (κ3) is 7.04. The molecular weight excluding hydrogens is 565 g/mol. The smallest absolute Gasteiger partial charge is 0.387 e. The standard InChI is InChI=1S/C11H13Cl2FN3O13P3/c12-2-1-11(13)7(18)6(28-9(11)17-3-5(14)8(15)16-10(17)19)4-27-32(23,24)30-33(25,26)29-31(20,21)22/h3,6-7,9,18H,4H2,(H,23,24)(H,25,26)(H2,15,16,19)(H2,20,21,22)/t6-,7+,9-,11?/m1/s1. The molecule has 7 N–H and O–H groups in total. The molecular formula is C11H13Cl2FN3O13P3. The molecule has 0 amide bonds. The first-order valence-corrected chi connectivity index (χ1v) is 13.2. The molecule has 1 aliphatic rings. The maximum Gasteiger partial charge on any atom is 0.490 e. The van der Waals surface area contributed by atoms with Crippen LogP contribution in [0.4, 0.5) is 10.2 Å². The zero-order valence-corrected chi connectivity index (χ0v) is 19.7. The summed E-state index contributed by atoms with van der Waals surface area (Å²) >= 11 is 11.6. The number of phosphoric acid groups is 3. The molecule has 0 spiro atoms. The average molecular weight is 578 g/mol. The van der Waals surface area contributed by atoms with Gasteiger partial charge in [0.2, 0.25) is 0 Å². The van der Waals surface area contributed by atoms with Crippen molar-refractivity contribution < 1.29 is 60.6 Å². The minimum atomic E-state index is -5.80. The van der Waals surface area contributed by atoms with Gasteiger partial charge in [-0.3, -0.25) is 9.09 Å². The number of aliphatic hydroxyl groups is 1. The Bertz CT molecular complexity index is 1180. The van der Waals surface area contributed by atoms with Crippen LogP contribution >= 0.6 is 46.7 Å². The molecule has 0 aromatic carbocycles. The number of ether oxygens (including phenoxy) is 1. The van der Waals surface area contributed by atoms with Crippen molar-refractivity contribution in [3.8, 4) is 11.3 Å². The Labute approximate surface area is 192 Å². The number of nitrogens with zero attached hydrogens (tertiary/aromatic N) is 2. The van der Waals surface area contributed by atoms with Crippen LogP contribution in [0.25, 0.3) is 0 Å². The van der Waals surface area contributed by atoms with Gasteiger partial charge in [-0.25, -0.2) is 22.9 Å². The summed E-state index contributed by atoms with van der Waals surface area (Å²) in [5, 5.41) is 12.3. The molecule has 0 bridgehead atoms. The largest absolute Gasteiger partial charge is 0.490 e. The van der Waals surface area contributed by atoms with E-state index in [4.69, 9.17) is 48.4 Å². The number of aliphatic hydroxyl groups excluding tert-OH is 1. The van der Waals surface area contributed by atoms with Gasteiger partial charge in [0.1, 0.15) is 12.2 Å². The molecule has 3 unspecified atom stereocenters. The molecule has 1 aliphatic heterocycles. The Balaban J connectivity index is 2.27. The van der Waals surface area contributed by atoms with Crippen LogP contribution in [0.2, 0.25) is 0 Å². The van der Waals surface area contributed by atoms with Crippen LogP contribution in [0.1, 0.15) is 6.23 Å². The van der Waals surface area contributed by atoms with E-state index in [1.54, 1.807) is 0 Å². The highest BCUT2D eigenvalue weighted by atomic mass is 35.5. The zero-order valence-electron chi connectivity index (χ0n) is 15.5. The monoisotopic (exact) mass is 577 g/mol. The number of nitrogen functional groups attached to an aromatic ring is 1. The fraction of sp³-hybridized carbons (Fsp3) is 0.455. The highest BCUT2D eigenvalue weighted by Gasteiger charge is 2.57. The molecule has 0 aliphatic carbocycles. The molecule has 33 heavy (non-hydrogen) atoms. The molecule has 2 heterocycles. The minimum Gasteiger partial charge on any atom is -0.387 e. The van der Waals surface area contributed by atoms with E-state index >= 15 is 0 Å². The molecule has 0 saturated carbocycles. The quantitative estimate of drug-likeness (QED) is 0.132. The summed E-state index contributed by atoms with van der Waals surface area (Å²) in [5.41, 5.74) is 3.99. The Hall–Kier alpha value is -0.920. The lowest BCUT2D eigenvalue weighted by molar-refractivity contribution is -0.0457. The molecule has 16 nitrogen and oxygen atoms in total. The molecule has 1 saturated heterocycles. The fourth-order valence-corrected chi connectivity index (χ4v) is 6.04. The van der Waals surface area contributed by atoms with Crippen molar-refractivity contribution in [1.82, 2.24) is 9.55 Å². The molecule has 6 atom stereocenters. The maximum absolute atomic E-state index is 13.8. The average Bonchev–Trinajstić information content (AvgIpc) is 2.85. The van der Waals surface area contributed by atoms with E-state index in [1.165, 1.54) is 0 Å². The second-order valence-corrected chi connectivity index (χ2v) is 11.2. The summed E-state index contributed by atoms with van der Waals surface area (Å²) in [6.45, 7) is -1.15. The van der Waals surface area contributed by atoms with E-state index in [2.05, 4.69) is 24.0 Å². The lowest BCUT2D eigenvalue weighted by atomic mass is 9.99. The van der Waals surface area contributed by atoms with Crippen LogP contribution in [0.3, 0.4) is 0 Å². The van der Waals surface area contributed by atoms with Crippen molar-refractivity contribution in [2.45, 2.75) is 23.3 Å². The van der Waals surface area contributed by atoms with Crippen LogP contribution in [0.15, 0.2) is 11.0 Å². The first-order chi connectivity index (χ1) is 14.9. The van der Waals surface area contributed by atoms with Crippen LogP contribution < -0.4 is 11.4 Å². The van der Waals surface area contributed by atoms with E-state index < -0.39 is 70.7 Å². The highest BCUT2D eigenvalue weighted by molar-refractivity contribution is 7.66. The molecule has 1 fully saturated rings. The van der Waals surface area contributed by atoms with Gasteiger partial charge < -0.3 is 35.2 Å². The first kappa shape index (κ1) is 28.3. The highest BCUT2D eigenvalue weighted by Crippen LogP contribution is 2.66. The molecule has 186 valence electrons. The summed E-state index contributed by atoms with van der Waals surface area (Å²) in [5.74, 6) is 0.187. The summed E-state index contributed by atoms with van der Waals surface area (Å²) in [6.07, 6.45) is -4.98. The Morgan fingerprint density at radius 3 is 2.42 bits per heavy atom. The molecule has 0 radical (unpaired) electrons. The number of hydrogen-bond acceptors (Lipinski definition) is 11. The van der Waals surface area contributed by atoms with E-state index in [9.17, 15) is 32.9 Å². The van der Waals surface area contributed by atoms with E-state index in [-0.39, 0.29) is 0 Å². The Morgan fingerprint density at radius 1 is 1.27 bits per heavy atom. The minimum absolute atomic E-state index is 0.452. The van der Waals surface area contributed by atoms with Crippen LogP contribution in [-0.2, 0) is 31.6 Å². The van der Waals surface area contributed by atoms with E-state index in [0.29, 0.717) is 10.8 Å². The maximum atomic E-state index is 13.8. The summed E-state index contributed by atoms with van der Waals surface area (Å²) < 4.78 is 64.8. The summed E-state index contributed by atoms with van der Waals surface area (Å²) in [7, 11) is -17.0. The predicted octanol–water partition coefficient (Wildman–Crippen LogP) is -0.256. The number of anilines is 1. The predicted molar refractivity (Wildman–Crippen MR) is 105 cm³/mol. The number of halogens is 3. The molecule has 22 heteroatoms. The van der Waals surface area contributed by atoms with Gasteiger partial charge in [0.05, 0.1) is 12.8 Å². The van der Waals surface area contributed by atoms with Gasteiger partial charge in [-0.05, 0) is 11.6 Å². The van der Waals surface area contributed by atoms with Crippen molar-refractivity contribution in [3.63, 3.8) is 0 Å². The van der Waals surface area contributed by atoms with E-state index in [1.807, 2.05) is 5.38 Å². The van der Waals surface area contributed by atoms with Gasteiger partial charge in [0, 0.05) is 5.38 Å². The molecule has 2 rings (SSSR count). The Kier molecular flexibility index (Phi) is 8.56. The summed E-state index contributed by atoms with van der Waals surface area (Å²) in [6, 6.07) is 0. The molecule has 1 aromatic heterocycles. The number of aromatic nitrogens is 2. The van der Waals surface area contributed by atoms with Crippen LogP contribution in [-0.4, -0.2) is 57.9 Å². The second kappa shape index (κ2) is 9.98. The Morgan fingerprint density at radius 2 is 1.88 bits per heavy atom. The van der Waals surface area contributed by atoms with Crippen molar-refractivity contribution >= 4 is 52.5 Å². The van der Waals surface area contributed by atoms with Crippen LogP contribution in [0, 0.1) is 17.1 Å². The first-order valence-electron chi connectivity index (χ1n) is 7.88. The van der Waals surface area contributed by atoms with Crippen molar-refractivity contribution in [3.05, 3.63) is 22.5 Å². The number of alkyl halides is 1. The third-order valence-corrected chi connectivity index (χ3v) is 8.09. The van der Waals surface area contributed by atoms with E-state index in [0.717, 1.165) is 0 Å². The zero-order chi connectivity index (χ0) is 25.4.